The molecule has 0 fully saturated rings. The van der Waals surface area contributed by atoms with Crippen molar-refractivity contribution in [1.82, 2.24) is 0 Å². The second-order valence-electron chi connectivity index (χ2n) is 2.79. The quantitative estimate of drug-likeness (QED) is 0.504. The van der Waals surface area contributed by atoms with Crippen LogP contribution in [0.5, 0.6) is 0 Å². The molecule has 0 aliphatic carbocycles. The van der Waals surface area contributed by atoms with Crippen molar-refractivity contribution in [3.05, 3.63) is 12.2 Å². The molecule has 0 saturated carbocycles. The zero-order valence-corrected chi connectivity index (χ0v) is 8.28. The van der Waals surface area contributed by atoms with Crippen molar-refractivity contribution >= 4 is 11.9 Å². The van der Waals surface area contributed by atoms with E-state index in [1.807, 2.05) is 0 Å². The summed E-state index contributed by atoms with van der Waals surface area (Å²) in [6.45, 7) is 5.03. The highest BCUT2D eigenvalue weighted by molar-refractivity contribution is 5.89. The highest BCUT2D eigenvalue weighted by Crippen LogP contribution is 2.03. The van der Waals surface area contributed by atoms with Crippen LogP contribution in [-0.2, 0) is 19.1 Å². The molecular formula is C9H14O5. The van der Waals surface area contributed by atoms with Gasteiger partial charge in [-0.05, 0) is 6.92 Å². The predicted octanol–water partition coefficient (Wildman–Crippen LogP) is 0.595. The fourth-order valence-electron chi connectivity index (χ4n) is 0.687. The van der Waals surface area contributed by atoms with Gasteiger partial charge in [-0.15, -0.1) is 0 Å². The zero-order chi connectivity index (χ0) is 11.1. The first-order chi connectivity index (χ1) is 6.49. The summed E-state index contributed by atoms with van der Waals surface area (Å²) in [4.78, 5) is 21.6. The first-order valence-corrected chi connectivity index (χ1v) is 4.07. The van der Waals surface area contributed by atoms with E-state index in [0.717, 1.165) is 0 Å². The van der Waals surface area contributed by atoms with Gasteiger partial charge in [-0.1, -0.05) is 6.58 Å². The van der Waals surface area contributed by atoms with E-state index in [2.05, 4.69) is 16.1 Å². The van der Waals surface area contributed by atoms with Crippen LogP contribution in [-0.4, -0.2) is 36.9 Å². The monoisotopic (exact) mass is 202 g/mol. The molecule has 0 bridgehead atoms. The number of hydrogen-bond acceptors (Lipinski definition) is 4. The van der Waals surface area contributed by atoms with Gasteiger partial charge in [0.2, 0.25) is 6.10 Å². The summed E-state index contributed by atoms with van der Waals surface area (Å²) in [5.41, 5.74) is 0.175. The van der Waals surface area contributed by atoms with Gasteiger partial charge in [-0.2, -0.15) is 0 Å². The lowest BCUT2D eigenvalue weighted by atomic mass is 10.2. The summed E-state index contributed by atoms with van der Waals surface area (Å²) in [6, 6.07) is 0. The first-order valence-electron chi connectivity index (χ1n) is 4.07. The van der Waals surface area contributed by atoms with Gasteiger partial charge in [0, 0.05) is 19.1 Å². The molecule has 0 saturated heterocycles. The van der Waals surface area contributed by atoms with Crippen molar-refractivity contribution in [1.29, 1.82) is 0 Å². The molecule has 0 radical (unpaired) electrons. The average molecular weight is 202 g/mol. The fraction of sp³-hybridized carbons (Fsp3) is 0.556. The minimum Gasteiger partial charge on any atom is -0.479 e. The third-order valence-corrected chi connectivity index (χ3v) is 1.46. The highest BCUT2D eigenvalue weighted by Gasteiger charge is 2.21. The zero-order valence-electron chi connectivity index (χ0n) is 8.28. The molecule has 0 aromatic carbocycles. The van der Waals surface area contributed by atoms with Crippen molar-refractivity contribution in [2.75, 3.05) is 13.7 Å². The van der Waals surface area contributed by atoms with Crippen LogP contribution < -0.4 is 0 Å². The molecule has 0 aromatic rings. The molecule has 1 atom stereocenters. The highest BCUT2D eigenvalue weighted by atomic mass is 16.6. The minimum atomic E-state index is -1.18. The van der Waals surface area contributed by atoms with Crippen LogP contribution in [0.2, 0.25) is 0 Å². The smallest absolute Gasteiger partial charge is 0.345 e. The maximum Gasteiger partial charge on any atom is 0.345 e. The number of carbonyl (C=O) groups excluding carboxylic acids is 1. The summed E-state index contributed by atoms with van der Waals surface area (Å²) >= 11 is 0. The third-order valence-electron chi connectivity index (χ3n) is 1.46. The summed E-state index contributed by atoms with van der Waals surface area (Å²) in [5.74, 6) is -1.88. The molecular weight excluding hydrogens is 188 g/mol. The van der Waals surface area contributed by atoms with Crippen LogP contribution in [0.4, 0.5) is 0 Å². The van der Waals surface area contributed by atoms with Gasteiger partial charge >= 0.3 is 11.9 Å². The number of carboxylic acid groups (broad SMARTS) is 1. The van der Waals surface area contributed by atoms with Crippen LogP contribution in [0.3, 0.4) is 0 Å². The Labute approximate surface area is 82.3 Å². The molecule has 1 N–H and O–H groups in total. The lowest BCUT2D eigenvalue weighted by Gasteiger charge is -2.12. The molecule has 80 valence electrons. The maximum absolute atomic E-state index is 11.0. The van der Waals surface area contributed by atoms with Gasteiger partial charge in [0.15, 0.2) is 0 Å². The van der Waals surface area contributed by atoms with Crippen molar-refractivity contribution in [2.24, 2.45) is 0 Å². The molecule has 0 aromatic heterocycles. The molecule has 1 unspecified atom stereocenters. The lowest BCUT2D eigenvalue weighted by Crippen LogP contribution is -2.28. The topological polar surface area (TPSA) is 72.8 Å². The molecule has 5 heteroatoms. The van der Waals surface area contributed by atoms with Crippen molar-refractivity contribution in [3.8, 4) is 0 Å². The van der Waals surface area contributed by atoms with E-state index in [1.165, 1.54) is 14.0 Å². The van der Waals surface area contributed by atoms with Crippen molar-refractivity contribution in [2.45, 2.75) is 19.4 Å². The van der Waals surface area contributed by atoms with Crippen LogP contribution in [0.15, 0.2) is 12.2 Å². The molecule has 0 aliphatic rings. The number of rotatable bonds is 6. The molecule has 5 nitrogen and oxygen atoms in total. The SMILES string of the molecule is C=C(C)C(=O)OC(CCOC)C(=O)O. The van der Waals surface area contributed by atoms with Gasteiger partial charge in [0.1, 0.15) is 0 Å². The van der Waals surface area contributed by atoms with Crippen molar-refractivity contribution < 1.29 is 24.2 Å². The van der Waals surface area contributed by atoms with E-state index in [1.54, 1.807) is 0 Å². The van der Waals surface area contributed by atoms with Crippen LogP contribution in [0.1, 0.15) is 13.3 Å². The normalized spacial score (nSPS) is 11.9. The van der Waals surface area contributed by atoms with Gasteiger partial charge < -0.3 is 14.6 Å². The van der Waals surface area contributed by atoms with Crippen LogP contribution in [0.25, 0.3) is 0 Å². The van der Waals surface area contributed by atoms with E-state index in [4.69, 9.17) is 5.11 Å². The predicted molar refractivity (Wildman–Crippen MR) is 48.8 cm³/mol. The summed E-state index contributed by atoms with van der Waals surface area (Å²) < 4.78 is 9.34. The molecule has 14 heavy (non-hydrogen) atoms. The summed E-state index contributed by atoms with van der Waals surface area (Å²) in [7, 11) is 1.44. The largest absolute Gasteiger partial charge is 0.479 e. The van der Waals surface area contributed by atoms with E-state index < -0.39 is 18.0 Å². The van der Waals surface area contributed by atoms with E-state index in [0.29, 0.717) is 0 Å². The molecule has 0 rings (SSSR count). The minimum absolute atomic E-state index is 0.130. The third kappa shape index (κ3) is 4.61. The standard InChI is InChI=1S/C9H14O5/c1-6(2)9(12)14-7(8(10)11)4-5-13-3/h7H,1,4-5H2,2-3H3,(H,10,11). The number of carbonyl (C=O) groups is 2. The molecule has 0 heterocycles. The second kappa shape index (κ2) is 6.15. The average Bonchev–Trinajstić information content (AvgIpc) is 2.10. The Bertz CT molecular complexity index is 233. The number of aliphatic carboxylic acids is 1. The number of methoxy groups -OCH3 is 1. The number of esters is 1. The Balaban J connectivity index is 4.16. The number of ether oxygens (including phenoxy) is 2. The summed E-state index contributed by atoms with van der Waals surface area (Å²) in [5, 5.41) is 8.67. The van der Waals surface area contributed by atoms with Crippen LogP contribution >= 0.6 is 0 Å². The molecule has 0 amide bonds. The van der Waals surface area contributed by atoms with E-state index in [-0.39, 0.29) is 18.6 Å². The Morgan fingerprint density at radius 3 is 2.43 bits per heavy atom. The van der Waals surface area contributed by atoms with Gasteiger partial charge in [-0.25, -0.2) is 9.59 Å². The van der Waals surface area contributed by atoms with Gasteiger partial charge in [0.25, 0.3) is 0 Å². The summed E-state index contributed by atoms with van der Waals surface area (Å²) in [6.07, 6.45) is -1.04. The molecule has 0 spiro atoms. The fourth-order valence-corrected chi connectivity index (χ4v) is 0.687. The first kappa shape index (κ1) is 12.6. The Morgan fingerprint density at radius 2 is 2.07 bits per heavy atom. The number of carboxylic acids is 1. The molecule has 0 aliphatic heterocycles. The van der Waals surface area contributed by atoms with Gasteiger partial charge in [-0.3, -0.25) is 0 Å². The maximum atomic E-state index is 11.0. The van der Waals surface area contributed by atoms with E-state index >= 15 is 0 Å². The van der Waals surface area contributed by atoms with Crippen molar-refractivity contribution in [3.63, 3.8) is 0 Å². The Hall–Kier alpha value is -1.36. The lowest BCUT2D eigenvalue weighted by molar-refractivity contribution is -0.162. The van der Waals surface area contributed by atoms with E-state index in [9.17, 15) is 9.59 Å². The Kier molecular flexibility index (Phi) is 5.55. The number of hydrogen-bond donors (Lipinski definition) is 1. The van der Waals surface area contributed by atoms with Gasteiger partial charge in [0.05, 0.1) is 6.61 Å². The Morgan fingerprint density at radius 1 is 1.50 bits per heavy atom. The van der Waals surface area contributed by atoms with Crippen LogP contribution in [0, 0.1) is 0 Å². The second-order valence-corrected chi connectivity index (χ2v) is 2.79.